The van der Waals surface area contributed by atoms with Crippen molar-refractivity contribution in [1.82, 2.24) is 0 Å². The van der Waals surface area contributed by atoms with Crippen LogP contribution in [0.1, 0.15) is 33.1 Å². The van der Waals surface area contributed by atoms with Gasteiger partial charge in [0.15, 0.2) is 0 Å². The molecular formula is C16H22N2O. The van der Waals surface area contributed by atoms with Gasteiger partial charge in [-0.3, -0.25) is 0 Å². The number of para-hydroxylation sites is 2. The highest BCUT2D eigenvalue weighted by Gasteiger charge is 2.40. The first-order chi connectivity index (χ1) is 9.11. The van der Waals surface area contributed by atoms with Gasteiger partial charge in [0.25, 0.3) is 0 Å². The predicted molar refractivity (Wildman–Crippen MR) is 77.1 cm³/mol. The lowest BCUT2D eigenvalue weighted by Crippen LogP contribution is -2.46. The number of benzene rings is 1. The lowest BCUT2D eigenvalue weighted by atomic mass is 9.70. The third-order valence-corrected chi connectivity index (χ3v) is 4.29. The van der Waals surface area contributed by atoms with Gasteiger partial charge in [-0.15, -0.1) is 0 Å². The Morgan fingerprint density at radius 2 is 2.11 bits per heavy atom. The Hall–Kier alpha value is -1.69. The Bertz CT molecular complexity index is 480. The Morgan fingerprint density at radius 1 is 1.37 bits per heavy atom. The maximum atomic E-state index is 9.67. The summed E-state index contributed by atoms with van der Waals surface area (Å²) in [7, 11) is 1.66. The van der Waals surface area contributed by atoms with Gasteiger partial charge in [0.05, 0.1) is 18.9 Å². The van der Waals surface area contributed by atoms with Crippen LogP contribution in [0.15, 0.2) is 24.3 Å². The number of nitrogens with one attached hydrogen (secondary N) is 1. The van der Waals surface area contributed by atoms with Crippen LogP contribution in [0.5, 0.6) is 5.75 Å². The molecule has 1 aromatic rings. The molecule has 3 unspecified atom stereocenters. The molecule has 1 N–H and O–H groups in total. The van der Waals surface area contributed by atoms with Gasteiger partial charge in [0, 0.05) is 0 Å². The van der Waals surface area contributed by atoms with Crippen LogP contribution in [-0.2, 0) is 0 Å². The van der Waals surface area contributed by atoms with Crippen LogP contribution in [0.25, 0.3) is 0 Å². The van der Waals surface area contributed by atoms with Gasteiger partial charge in [-0.2, -0.15) is 5.26 Å². The van der Waals surface area contributed by atoms with Crippen molar-refractivity contribution in [1.29, 1.82) is 5.26 Å². The molecule has 1 aliphatic rings. The van der Waals surface area contributed by atoms with Crippen molar-refractivity contribution in [3.8, 4) is 11.8 Å². The molecule has 0 bridgehead atoms. The summed E-state index contributed by atoms with van der Waals surface area (Å²) in [4.78, 5) is 0. The number of hydrogen-bond donors (Lipinski definition) is 1. The molecule has 1 fully saturated rings. The Labute approximate surface area is 115 Å². The van der Waals surface area contributed by atoms with E-state index in [1.54, 1.807) is 7.11 Å². The minimum absolute atomic E-state index is 0.339. The maximum absolute atomic E-state index is 9.67. The minimum atomic E-state index is -0.471. The van der Waals surface area contributed by atoms with E-state index in [9.17, 15) is 5.26 Å². The quantitative estimate of drug-likeness (QED) is 0.896. The molecular weight excluding hydrogens is 236 g/mol. The van der Waals surface area contributed by atoms with Crippen LogP contribution in [0, 0.1) is 23.2 Å². The number of ether oxygens (including phenoxy) is 1. The summed E-state index contributed by atoms with van der Waals surface area (Å²) in [6, 6.07) is 10.3. The second-order valence-corrected chi connectivity index (χ2v) is 5.69. The zero-order chi connectivity index (χ0) is 13.9. The van der Waals surface area contributed by atoms with Crippen molar-refractivity contribution < 1.29 is 4.74 Å². The van der Waals surface area contributed by atoms with Gasteiger partial charge in [0.1, 0.15) is 11.3 Å². The SMILES string of the molecule is COc1ccccc1NC1(C#N)CCC(C)CC1C. The minimum Gasteiger partial charge on any atom is -0.495 e. The standard InChI is InChI=1S/C16H22N2O/c1-12-8-9-16(11-17,13(2)10-12)18-14-6-4-5-7-15(14)19-3/h4-7,12-13,18H,8-10H2,1-3H3. The molecule has 3 nitrogen and oxygen atoms in total. The first-order valence-electron chi connectivity index (χ1n) is 6.94. The van der Waals surface area contributed by atoms with Crippen molar-refractivity contribution in [2.45, 2.75) is 38.6 Å². The average Bonchev–Trinajstić information content (AvgIpc) is 2.43. The summed E-state index contributed by atoms with van der Waals surface area (Å²) in [5.41, 5.74) is 0.439. The lowest BCUT2D eigenvalue weighted by molar-refractivity contribution is 0.228. The van der Waals surface area contributed by atoms with E-state index >= 15 is 0 Å². The second kappa shape index (κ2) is 5.52. The van der Waals surface area contributed by atoms with E-state index in [0.717, 1.165) is 30.7 Å². The summed E-state index contributed by atoms with van der Waals surface area (Å²) < 4.78 is 5.36. The third-order valence-electron chi connectivity index (χ3n) is 4.29. The molecule has 1 saturated carbocycles. The van der Waals surface area contributed by atoms with E-state index in [4.69, 9.17) is 4.74 Å². The zero-order valence-electron chi connectivity index (χ0n) is 11.9. The monoisotopic (exact) mass is 258 g/mol. The van der Waals surface area contributed by atoms with Gasteiger partial charge in [-0.25, -0.2) is 0 Å². The fourth-order valence-electron chi connectivity index (χ4n) is 3.01. The van der Waals surface area contributed by atoms with Crippen molar-refractivity contribution in [2.75, 3.05) is 12.4 Å². The fourth-order valence-corrected chi connectivity index (χ4v) is 3.01. The van der Waals surface area contributed by atoms with Crippen molar-refractivity contribution >= 4 is 5.69 Å². The molecule has 0 amide bonds. The third kappa shape index (κ3) is 2.68. The molecule has 0 spiro atoms. The highest BCUT2D eigenvalue weighted by atomic mass is 16.5. The van der Waals surface area contributed by atoms with Gasteiger partial charge >= 0.3 is 0 Å². The van der Waals surface area contributed by atoms with Crippen molar-refractivity contribution in [2.24, 2.45) is 11.8 Å². The van der Waals surface area contributed by atoms with E-state index < -0.39 is 5.54 Å². The molecule has 3 atom stereocenters. The molecule has 2 rings (SSSR count). The highest BCUT2D eigenvalue weighted by molar-refractivity contribution is 5.59. The summed E-state index contributed by atoms with van der Waals surface area (Å²) in [5.74, 6) is 1.84. The van der Waals surface area contributed by atoms with Crippen LogP contribution in [0.3, 0.4) is 0 Å². The second-order valence-electron chi connectivity index (χ2n) is 5.69. The van der Waals surface area contributed by atoms with Crippen LogP contribution in [0.2, 0.25) is 0 Å². The Kier molecular flexibility index (Phi) is 3.99. The number of methoxy groups -OCH3 is 1. The van der Waals surface area contributed by atoms with Gasteiger partial charge in [-0.05, 0) is 43.2 Å². The molecule has 3 heteroatoms. The molecule has 1 aliphatic carbocycles. The summed E-state index contributed by atoms with van der Waals surface area (Å²) in [5, 5.41) is 13.1. The first kappa shape index (κ1) is 13.7. The molecule has 0 aliphatic heterocycles. The Morgan fingerprint density at radius 3 is 2.74 bits per heavy atom. The molecule has 19 heavy (non-hydrogen) atoms. The fraction of sp³-hybridized carbons (Fsp3) is 0.562. The van der Waals surface area contributed by atoms with E-state index in [2.05, 4.69) is 25.2 Å². The van der Waals surface area contributed by atoms with Crippen LogP contribution >= 0.6 is 0 Å². The maximum Gasteiger partial charge on any atom is 0.141 e. The van der Waals surface area contributed by atoms with Crippen molar-refractivity contribution in [3.05, 3.63) is 24.3 Å². The Balaban J connectivity index is 2.26. The number of nitrogens with zero attached hydrogens (tertiary/aromatic N) is 1. The summed E-state index contributed by atoms with van der Waals surface area (Å²) in [6.07, 6.45) is 3.08. The van der Waals surface area contributed by atoms with Gasteiger partial charge < -0.3 is 10.1 Å². The molecule has 0 heterocycles. The van der Waals surface area contributed by atoms with Crippen molar-refractivity contribution in [3.63, 3.8) is 0 Å². The van der Waals surface area contributed by atoms with E-state index in [-0.39, 0.29) is 0 Å². The van der Waals surface area contributed by atoms with E-state index in [1.165, 1.54) is 0 Å². The normalized spacial score (nSPS) is 30.4. The number of nitriles is 1. The topological polar surface area (TPSA) is 45.0 Å². The van der Waals surface area contributed by atoms with Gasteiger partial charge in [-0.1, -0.05) is 26.0 Å². The van der Waals surface area contributed by atoms with Crippen LogP contribution in [-0.4, -0.2) is 12.6 Å². The smallest absolute Gasteiger partial charge is 0.141 e. The largest absolute Gasteiger partial charge is 0.495 e. The van der Waals surface area contributed by atoms with Crippen LogP contribution in [0.4, 0.5) is 5.69 Å². The zero-order valence-corrected chi connectivity index (χ0v) is 11.9. The van der Waals surface area contributed by atoms with Gasteiger partial charge in [0.2, 0.25) is 0 Å². The lowest BCUT2D eigenvalue weighted by Gasteiger charge is -2.41. The summed E-state index contributed by atoms with van der Waals surface area (Å²) in [6.45, 7) is 4.43. The molecule has 1 aromatic carbocycles. The number of hydrogen-bond acceptors (Lipinski definition) is 3. The van der Waals surface area contributed by atoms with E-state index in [0.29, 0.717) is 11.8 Å². The van der Waals surface area contributed by atoms with Crippen LogP contribution < -0.4 is 10.1 Å². The molecule has 102 valence electrons. The average molecular weight is 258 g/mol. The first-order valence-corrected chi connectivity index (χ1v) is 6.94. The number of rotatable bonds is 3. The summed E-state index contributed by atoms with van der Waals surface area (Å²) >= 11 is 0. The number of anilines is 1. The molecule has 0 radical (unpaired) electrons. The predicted octanol–water partition coefficient (Wildman–Crippen LogP) is 3.83. The van der Waals surface area contributed by atoms with E-state index in [1.807, 2.05) is 24.3 Å². The highest BCUT2D eigenvalue weighted by Crippen LogP contribution is 2.40. The molecule has 0 saturated heterocycles. The molecule has 0 aromatic heterocycles.